The van der Waals surface area contributed by atoms with E-state index in [2.05, 4.69) is 56.8 Å². The molecule has 0 amide bonds. The molecule has 0 saturated heterocycles. The maximum Gasteiger partial charge on any atom is 0.138 e. The number of hydrogen-bond donors (Lipinski definition) is 1. The highest BCUT2D eigenvalue weighted by Gasteiger charge is 2.12. The van der Waals surface area contributed by atoms with Crippen LogP contribution in [-0.4, -0.2) is 28.3 Å². The highest BCUT2D eigenvalue weighted by atomic mass is 32.2. The first kappa shape index (κ1) is 17.4. The molecule has 0 aliphatic rings. The topological polar surface area (TPSA) is 37.8 Å². The average Bonchev–Trinajstić information content (AvgIpc) is 2.38. The summed E-state index contributed by atoms with van der Waals surface area (Å²) in [6, 6.07) is 0. The summed E-state index contributed by atoms with van der Waals surface area (Å²) < 4.78 is 0. The van der Waals surface area contributed by atoms with Crippen LogP contribution in [-0.2, 0) is 12.2 Å². The van der Waals surface area contributed by atoms with Crippen molar-refractivity contribution in [3.63, 3.8) is 0 Å². The molecular weight excluding hydrogens is 266 g/mol. The fourth-order valence-electron chi connectivity index (χ4n) is 2.22. The average molecular weight is 295 g/mol. The summed E-state index contributed by atoms with van der Waals surface area (Å²) in [6.45, 7) is 15.2. The first-order valence-electron chi connectivity index (χ1n) is 7.59. The van der Waals surface area contributed by atoms with Crippen LogP contribution in [0.15, 0.2) is 0 Å². The predicted octanol–water partition coefficient (Wildman–Crippen LogP) is 3.52. The van der Waals surface area contributed by atoms with Crippen LogP contribution in [0.1, 0.15) is 50.5 Å². The molecule has 4 heteroatoms. The number of nitrogens with one attached hydrogen (secondary N) is 1. The first-order chi connectivity index (χ1) is 9.43. The summed E-state index contributed by atoms with van der Waals surface area (Å²) in [5.74, 6) is 2.50. The Labute approximate surface area is 128 Å². The van der Waals surface area contributed by atoms with Crippen LogP contribution in [0.5, 0.6) is 0 Å². The number of rotatable bonds is 8. The molecule has 0 aliphatic heterocycles. The summed E-state index contributed by atoms with van der Waals surface area (Å²) in [5, 5.41) is 4.03. The molecule has 0 radical (unpaired) electrons. The van der Waals surface area contributed by atoms with Crippen molar-refractivity contribution in [1.82, 2.24) is 15.3 Å². The summed E-state index contributed by atoms with van der Waals surface area (Å²) in [4.78, 5) is 9.37. The van der Waals surface area contributed by atoms with Gasteiger partial charge in [-0.3, -0.25) is 0 Å². The van der Waals surface area contributed by atoms with Crippen molar-refractivity contribution >= 4 is 11.8 Å². The zero-order valence-electron chi connectivity index (χ0n) is 13.8. The quantitative estimate of drug-likeness (QED) is 0.796. The largest absolute Gasteiger partial charge is 0.317 e. The normalized spacial score (nSPS) is 12.9. The molecule has 1 heterocycles. The Bertz CT molecular complexity index is 395. The molecule has 114 valence electrons. The number of nitrogens with zero attached hydrogens (tertiary/aromatic N) is 2. The third kappa shape index (κ3) is 5.80. The lowest BCUT2D eigenvalue weighted by Crippen LogP contribution is -2.22. The van der Waals surface area contributed by atoms with Gasteiger partial charge in [0.15, 0.2) is 0 Å². The predicted molar refractivity (Wildman–Crippen MR) is 89.3 cm³/mol. The van der Waals surface area contributed by atoms with Crippen LogP contribution in [0.3, 0.4) is 0 Å². The van der Waals surface area contributed by atoms with E-state index in [0.717, 1.165) is 42.5 Å². The molecule has 1 N–H and O–H groups in total. The van der Waals surface area contributed by atoms with E-state index in [1.807, 2.05) is 11.8 Å². The van der Waals surface area contributed by atoms with E-state index >= 15 is 0 Å². The Balaban J connectivity index is 2.73. The van der Waals surface area contributed by atoms with Gasteiger partial charge in [0, 0.05) is 11.4 Å². The number of aryl methyl sites for hydroxylation is 2. The summed E-state index contributed by atoms with van der Waals surface area (Å²) in [6.07, 6.45) is 1.06. The molecule has 0 bridgehead atoms. The summed E-state index contributed by atoms with van der Waals surface area (Å²) in [5.41, 5.74) is 3.63. The van der Waals surface area contributed by atoms with Gasteiger partial charge < -0.3 is 5.32 Å². The van der Waals surface area contributed by atoms with Gasteiger partial charge in [-0.25, -0.2) is 9.97 Å². The highest BCUT2D eigenvalue weighted by molar-refractivity contribution is 7.99. The molecular formula is C16H29N3S. The van der Waals surface area contributed by atoms with E-state index in [9.17, 15) is 0 Å². The molecule has 0 spiro atoms. The van der Waals surface area contributed by atoms with Crippen molar-refractivity contribution in [2.24, 2.45) is 5.92 Å². The molecule has 1 unspecified atom stereocenters. The van der Waals surface area contributed by atoms with Crippen LogP contribution in [0.25, 0.3) is 0 Å². The molecule has 0 saturated carbocycles. The molecule has 3 nitrogen and oxygen atoms in total. The second kappa shape index (κ2) is 8.63. The van der Waals surface area contributed by atoms with Gasteiger partial charge in [-0.2, -0.15) is 11.8 Å². The Morgan fingerprint density at radius 3 is 2.20 bits per heavy atom. The fourth-order valence-corrected chi connectivity index (χ4v) is 2.83. The van der Waals surface area contributed by atoms with Gasteiger partial charge in [-0.1, -0.05) is 27.7 Å². The number of thioether (sulfide) groups is 1. The second-order valence-electron chi connectivity index (χ2n) is 5.77. The van der Waals surface area contributed by atoms with Crippen LogP contribution in [0.2, 0.25) is 0 Å². The van der Waals surface area contributed by atoms with Crippen molar-refractivity contribution in [3.8, 4) is 0 Å². The molecule has 0 aromatic carbocycles. The molecule has 1 rings (SSSR count). The second-order valence-corrected chi connectivity index (χ2v) is 7.33. The molecule has 1 atom stereocenters. The smallest absolute Gasteiger partial charge is 0.138 e. The minimum absolute atomic E-state index is 0.617. The van der Waals surface area contributed by atoms with E-state index in [1.165, 1.54) is 5.56 Å². The van der Waals surface area contributed by atoms with E-state index in [4.69, 9.17) is 0 Å². The van der Waals surface area contributed by atoms with E-state index in [-0.39, 0.29) is 0 Å². The molecule has 1 aromatic heterocycles. The SMILES string of the molecule is CCNCC(C)Cc1c(C)nc(CSC(C)C)nc1C. The maximum atomic E-state index is 4.69. The minimum atomic E-state index is 0.617. The summed E-state index contributed by atoms with van der Waals surface area (Å²) >= 11 is 1.90. The zero-order valence-corrected chi connectivity index (χ0v) is 14.6. The lowest BCUT2D eigenvalue weighted by Gasteiger charge is -2.16. The van der Waals surface area contributed by atoms with E-state index < -0.39 is 0 Å². The molecule has 20 heavy (non-hydrogen) atoms. The van der Waals surface area contributed by atoms with Crippen molar-refractivity contribution in [1.29, 1.82) is 0 Å². The Hall–Kier alpha value is -0.610. The minimum Gasteiger partial charge on any atom is -0.317 e. The van der Waals surface area contributed by atoms with E-state index in [1.54, 1.807) is 0 Å². The lowest BCUT2D eigenvalue weighted by atomic mass is 9.98. The highest BCUT2D eigenvalue weighted by Crippen LogP contribution is 2.19. The monoisotopic (exact) mass is 295 g/mol. The van der Waals surface area contributed by atoms with Gasteiger partial charge in [-0.05, 0) is 50.1 Å². The standard InChI is InChI=1S/C16H29N3S/c1-7-17-9-12(4)8-15-13(5)18-16(19-14(15)6)10-20-11(2)3/h11-12,17H,7-10H2,1-6H3. The number of hydrogen-bond acceptors (Lipinski definition) is 4. The Kier molecular flexibility index (Phi) is 7.52. The van der Waals surface area contributed by atoms with Crippen LogP contribution in [0, 0.1) is 19.8 Å². The van der Waals surface area contributed by atoms with Crippen molar-refractivity contribution < 1.29 is 0 Å². The van der Waals surface area contributed by atoms with Crippen LogP contribution >= 0.6 is 11.8 Å². The summed E-state index contributed by atoms with van der Waals surface area (Å²) in [7, 11) is 0. The van der Waals surface area contributed by atoms with Crippen molar-refractivity contribution in [2.45, 2.75) is 59.0 Å². The van der Waals surface area contributed by atoms with Gasteiger partial charge in [-0.15, -0.1) is 0 Å². The lowest BCUT2D eigenvalue weighted by molar-refractivity contribution is 0.517. The molecule has 0 aliphatic carbocycles. The van der Waals surface area contributed by atoms with Crippen molar-refractivity contribution in [2.75, 3.05) is 13.1 Å². The van der Waals surface area contributed by atoms with Gasteiger partial charge in [0.05, 0.1) is 5.75 Å². The zero-order chi connectivity index (χ0) is 15.1. The molecule has 0 fully saturated rings. The van der Waals surface area contributed by atoms with Crippen LogP contribution in [0.4, 0.5) is 0 Å². The van der Waals surface area contributed by atoms with E-state index in [0.29, 0.717) is 11.2 Å². The Morgan fingerprint density at radius 1 is 1.10 bits per heavy atom. The van der Waals surface area contributed by atoms with Gasteiger partial charge in [0.25, 0.3) is 0 Å². The van der Waals surface area contributed by atoms with Gasteiger partial charge >= 0.3 is 0 Å². The van der Waals surface area contributed by atoms with Gasteiger partial charge in [0.2, 0.25) is 0 Å². The third-order valence-corrected chi connectivity index (χ3v) is 4.40. The van der Waals surface area contributed by atoms with Crippen molar-refractivity contribution in [3.05, 3.63) is 22.8 Å². The Morgan fingerprint density at radius 2 is 1.70 bits per heavy atom. The first-order valence-corrected chi connectivity index (χ1v) is 8.64. The van der Waals surface area contributed by atoms with Gasteiger partial charge in [0.1, 0.15) is 5.82 Å². The van der Waals surface area contributed by atoms with Crippen LogP contribution < -0.4 is 5.32 Å². The third-order valence-electron chi connectivity index (χ3n) is 3.31. The maximum absolute atomic E-state index is 4.69. The molecule has 1 aromatic rings. The number of aromatic nitrogens is 2. The fraction of sp³-hybridized carbons (Fsp3) is 0.750.